The average Bonchev–Trinajstić information content (AvgIpc) is 2.98. The highest BCUT2D eigenvalue weighted by Crippen LogP contribution is 2.28. The maximum absolute atomic E-state index is 13.1. The van der Waals surface area contributed by atoms with E-state index in [1.807, 2.05) is 18.2 Å². The molecule has 1 fully saturated rings. The molecule has 4 rings (SSSR count). The normalized spacial score (nSPS) is 20.7. The summed E-state index contributed by atoms with van der Waals surface area (Å²) in [7, 11) is 1.61. The van der Waals surface area contributed by atoms with E-state index in [-0.39, 0.29) is 17.0 Å². The summed E-state index contributed by atoms with van der Waals surface area (Å²) in [4.78, 5) is 32.8. The maximum Gasteiger partial charge on any atom is 0.271 e. The molecule has 26 heavy (non-hydrogen) atoms. The quantitative estimate of drug-likeness (QED) is 0.695. The van der Waals surface area contributed by atoms with Gasteiger partial charge in [0.25, 0.3) is 11.5 Å². The van der Waals surface area contributed by atoms with Crippen LogP contribution in [0.5, 0.6) is 5.75 Å². The zero-order valence-electron chi connectivity index (χ0n) is 15.1. The van der Waals surface area contributed by atoms with Crippen LogP contribution in [0.1, 0.15) is 30.6 Å². The number of fused-ring (bicyclic) bond motifs is 3. The molecule has 2 aromatic heterocycles. The van der Waals surface area contributed by atoms with Crippen molar-refractivity contribution in [1.82, 2.24) is 14.3 Å². The van der Waals surface area contributed by atoms with Crippen LogP contribution in [0.3, 0.4) is 0 Å². The van der Waals surface area contributed by atoms with Crippen molar-refractivity contribution in [3.05, 3.63) is 40.3 Å². The number of piperidine rings is 1. The lowest BCUT2D eigenvalue weighted by Gasteiger charge is -2.34. The topological polar surface area (TPSA) is 63.9 Å². The number of nitrogens with zero attached hydrogens (tertiary/aromatic N) is 3. The fourth-order valence-electron chi connectivity index (χ4n) is 3.86. The summed E-state index contributed by atoms with van der Waals surface area (Å²) in [6.45, 7) is 5.66. The Hall–Kier alpha value is -2.41. The van der Waals surface area contributed by atoms with Crippen molar-refractivity contribution in [2.24, 2.45) is 11.8 Å². The Morgan fingerprint density at radius 3 is 2.69 bits per heavy atom. The van der Waals surface area contributed by atoms with Crippen LogP contribution in [-0.4, -0.2) is 40.4 Å². The first-order valence-corrected chi connectivity index (χ1v) is 9.57. The molecule has 1 aliphatic rings. The largest absolute Gasteiger partial charge is 0.497 e. The van der Waals surface area contributed by atoms with E-state index in [0.717, 1.165) is 22.4 Å². The lowest BCUT2D eigenvalue weighted by atomic mass is 9.91. The zero-order valence-corrected chi connectivity index (χ0v) is 15.9. The number of rotatable bonds is 2. The van der Waals surface area contributed by atoms with Gasteiger partial charge in [0, 0.05) is 19.3 Å². The maximum atomic E-state index is 13.1. The van der Waals surface area contributed by atoms with Gasteiger partial charge in [-0.05, 0) is 36.5 Å². The van der Waals surface area contributed by atoms with Gasteiger partial charge in [0.15, 0.2) is 4.96 Å². The SMILES string of the molecule is COc1ccc2c(c1)sc1ncc(C(=O)N3CC(C)CC(C)C3)c(=O)n12. The van der Waals surface area contributed by atoms with E-state index in [1.165, 1.54) is 21.9 Å². The summed E-state index contributed by atoms with van der Waals surface area (Å²) in [5.74, 6) is 1.39. The number of hydrogen-bond acceptors (Lipinski definition) is 5. The van der Waals surface area contributed by atoms with Crippen LogP contribution >= 0.6 is 11.3 Å². The summed E-state index contributed by atoms with van der Waals surface area (Å²) < 4.78 is 7.68. The number of carbonyl (C=O) groups is 1. The Morgan fingerprint density at radius 1 is 1.27 bits per heavy atom. The van der Waals surface area contributed by atoms with Gasteiger partial charge in [-0.3, -0.25) is 14.0 Å². The van der Waals surface area contributed by atoms with Crippen LogP contribution in [0.2, 0.25) is 0 Å². The molecular weight excluding hydrogens is 350 g/mol. The molecule has 0 saturated carbocycles. The van der Waals surface area contributed by atoms with Gasteiger partial charge in [-0.25, -0.2) is 4.98 Å². The van der Waals surface area contributed by atoms with E-state index in [0.29, 0.717) is 29.9 Å². The predicted molar refractivity (Wildman–Crippen MR) is 102 cm³/mol. The Balaban J connectivity index is 1.81. The Morgan fingerprint density at radius 2 is 2.00 bits per heavy atom. The molecule has 1 aromatic carbocycles. The van der Waals surface area contributed by atoms with Crippen LogP contribution in [0.15, 0.2) is 29.2 Å². The van der Waals surface area contributed by atoms with E-state index in [9.17, 15) is 9.59 Å². The van der Waals surface area contributed by atoms with Gasteiger partial charge in [0.2, 0.25) is 0 Å². The number of amides is 1. The Bertz CT molecular complexity index is 1050. The van der Waals surface area contributed by atoms with Crippen LogP contribution in [0.25, 0.3) is 15.2 Å². The second-order valence-corrected chi connectivity index (χ2v) is 8.20. The van der Waals surface area contributed by atoms with Crippen molar-refractivity contribution in [2.75, 3.05) is 20.2 Å². The monoisotopic (exact) mass is 371 g/mol. The van der Waals surface area contributed by atoms with E-state index >= 15 is 0 Å². The van der Waals surface area contributed by atoms with Crippen LogP contribution in [0.4, 0.5) is 0 Å². The lowest BCUT2D eigenvalue weighted by Crippen LogP contribution is -2.44. The van der Waals surface area contributed by atoms with Crippen LogP contribution in [0, 0.1) is 11.8 Å². The predicted octanol–water partition coefficient (Wildman–Crippen LogP) is 3.04. The molecule has 3 heterocycles. The van der Waals surface area contributed by atoms with Crippen molar-refractivity contribution in [1.29, 1.82) is 0 Å². The summed E-state index contributed by atoms with van der Waals surface area (Å²) >= 11 is 1.41. The Labute approximate surface area is 155 Å². The number of methoxy groups -OCH3 is 1. The molecule has 0 spiro atoms. The van der Waals surface area contributed by atoms with Crippen molar-refractivity contribution >= 4 is 32.4 Å². The fraction of sp³-hybridized carbons (Fsp3) is 0.421. The standard InChI is InChI=1S/C19H21N3O3S/c1-11-6-12(2)10-21(9-11)17(23)14-8-20-19-22(18(14)24)15-5-4-13(25-3)7-16(15)26-19/h4-5,7-8,11-12H,6,9-10H2,1-3H3. The van der Waals surface area contributed by atoms with Gasteiger partial charge in [-0.1, -0.05) is 25.2 Å². The number of ether oxygens (including phenoxy) is 1. The minimum Gasteiger partial charge on any atom is -0.497 e. The van der Waals surface area contributed by atoms with Gasteiger partial charge in [-0.2, -0.15) is 0 Å². The van der Waals surface area contributed by atoms with Gasteiger partial charge < -0.3 is 9.64 Å². The number of carbonyl (C=O) groups excluding carboxylic acids is 1. The zero-order chi connectivity index (χ0) is 18.4. The first kappa shape index (κ1) is 17.0. The van der Waals surface area contributed by atoms with Crippen molar-refractivity contribution in [3.63, 3.8) is 0 Å². The minimum atomic E-state index is -0.303. The molecular formula is C19H21N3O3S. The molecule has 0 bridgehead atoms. The molecule has 0 radical (unpaired) electrons. The molecule has 3 aromatic rings. The molecule has 6 nitrogen and oxygen atoms in total. The lowest BCUT2D eigenvalue weighted by molar-refractivity contribution is 0.0621. The minimum absolute atomic E-state index is 0.138. The molecule has 0 aliphatic carbocycles. The highest BCUT2D eigenvalue weighted by atomic mass is 32.1. The van der Waals surface area contributed by atoms with Gasteiger partial charge >= 0.3 is 0 Å². The number of likely N-dealkylation sites (tertiary alicyclic amines) is 1. The number of hydrogen-bond donors (Lipinski definition) is 0. The molecule has 0 N–H and O–H groups in total. The molecule has 1 amide bonds. The second kappa shape index (κ2) is 6.39. The van der Waals surface area contributed by atoms with Crippen molar-refractivity contribution in [2.45, 2.75) is 20.3 Å². The van der Waals surface area contributed by atoms with E-state index in [1.54, 1.807) is 12.0 Å². The number of benzene rings is 1. The number of thiazole rings is 1. The summed E-state index contributed by atoms with van der Waals surface area (Å²) in [6.07, 6.45) is 2.54. The van der Waals surface area contributed by atoms with Gasteiger partial charge in [-0.15, -0.1) is 0 Å². The Kier molecular flexibility index (Phi) is 4.19. The third kappa shape index (κ3) is 2.76. The first-order valence-electron chi connectivity index (χ1n) is 8.75. The second-order valence-electron chi connectivity index (χ2n) is 7.19. The first-order chi connectivity index (χ1) is 12.5. The van der Waals surface area contributed by atoms with E-state index < -0.39 is 0 Å². The third-order valence-electron chi connectivity index (χ3n) is 4.92. The van der Waals surface area contributed by atoms with E-state index in [2.05, 4.69) is 18.8 Å². The fourth-order valence-corrected chi connectivity index (χ4v) is 4.87. The smallest absolute Gasteiger partial charge is 0.271 e. The van der Waals surface area contributed by atoms with Crippen LogP contribution in [-0.2, 0) is 0 Å². The highest BCUT2D eigenvalue weighted by Gasteiger charge is 2.28. The summed E-state index contributed by atoms with van der Waals surface area (Å²) in [6, 6.07) is 5.52. The van der Waals surface area contributed by atoms with Crippen molar-refractivity contribution in [3.8, 4) is 5.75 Å². The van der Waals surface area contributed by atoms with Gasteiger partial charge in [0.05, 0.1) is 17.3 Å². The van der Waals surface area contributed by atoms with Gasteiger partial charge in [0.1, 0.15) is 11.3 Å². The van der Waals surface area contributed by atoms with Crippen LogP contribution < -0.4 is 10.3 Å². The summed E-state index contributed by atoms with van der Waals surface area (Å²) in [5.41, 5.74) is 0.583. The molecule has 2 atom stereocenters. The molecule has 7 heteroatoms. The number of aromatic nitrogens is 2. The van der Waals surface area contributed by atoms with E-state index in [4.69, 9.17) is 4.74 Å². The van der Waals surface area contributed by atoms with Crippen molar-refractivity contribution < 1.29 is 9.53 Å². The molecule has 136 valence electrons. The average molecular weight is 371 g/mol. The molecule has 1 saturated heterocycles. The summed E-state index contributed by atoms with van der Waals surface area (Å²) in [5, 5.41) is 0. The highest BCUT2D eigenvalue weighted by molar-refractivity contribution is 7.23. The molecule has 2 unspecified atom stereocenters. The molecule has 1 aliphatic heterocycles. The third-order valence-corrected chi connectivity index (χ3v) is 5.94.